The summed E-state index contributed by atoms with van der Waals surface area (Å²) < 4.78 is 44.4. The lowest BCUT2D eigenvalue weighted by Crippen LogP contribution is -2.36. The first-order chi connectivity index (χ1) is 13.3. The molecule has 1 aliphatic heterocycles. The van der Waals surface area contributed by atoms with Gasteiger partial charge < -0.3 is 15.2 Å². The molecule has 1 saturated heterocycles. The van der Waals surface area contributed by atoms with Gasteiger partial charge in [0.05, 0.1) is 27.9 Å². The minimum atomic E-state index is -4.47. The van der Waals surface area contributed by atoms with Gasteiger partial charge >= 0.3 is 6.18 Å². The number of benzene rings is 1. The topological polar surface area (TPSA) is 80.0 Å². The van der Waals surface area contributed by atoms with E-state index in [9.17, 15) is 18.0 Å². The Morgan fingerprint density at radius 3 is 2.86 bits per heavy atom. The Kier molecular flexibility index (Phi) is 4.54. The van der Waals surface area contributed by atoms with Gasteiger partial charge in [0, 0.05) is 18.2 Å². The summed E-state index contributed by atoms with van der Waals surface area (Å²) in [6.07, 6.45) is -3.66. The van der Waals surface area contributed by atoms with E-state index in [1.165, 1.54) is 18.2 Å². The largest absolute Gasteiger partial charge is 0.416 e. The average Bonchev–Trinajstić information content (AvgIpc) is 3.30. The molecule has 1 aliphatic rings. The lowest BCUT2D eigenvalue weighted by molar-refractivity contribution is -0.137. The van der Waals surface area contributed by atoms with Crippen LogP contribution in [0.3, 0.4) is 0 Å². The zero-order valence-electron chi connectivity index (χ0n) is 14.9. The van der Waals surface area contributed by atoms with Crippen molar-refractivity contribution >= 4 is 17.0 Å². The fourth-order valence-corrected chi connectivity index (χ4v) is 3.32. The van der Waals surface area contributed by atoms with Crippen molar-refractivity contribution in [1.29, 1.82) is 0 Å². The van der Waals surface area contributed by atoms with Crippen molar-refractivity contribution < 1.29 is 22.5 Å². The van der Waals surface area contributed by atoms with E-state index in [0.717, 1.165) is 25.1 Å². The van der Waals surface area contributed by atoms with Crippen LogP contribution in [0, 0.1) is 6.92 Å². The second kappa shape index (κ2) is 6.90. The fourth-order valence-electron chi connectivity index (χ4n) is 3.32. The summed E-state index contributed by atoms with van der Waals surface area (Å²) in [5.74, 6) is -0.333. The van der Waals surface area contributed by atoms with Gasteiger partial charge in [-0.05, 0) is 38.1 Å². The van der Waals surface area contributed by atoms with Crippen LogP contribution in [-0.2, 0) is 6.18 Å². The van der Waals surface area contributed by atoms with Crippen molar-refractivity contribution in [2.45, 2.75) is 25.6 Å². The highest BCUT2D eigenvalue weighted by atomic mass is 19.4. The van der Waals surface area contributed by atoms with Crippen LogP contribution in [0.15, 0.2) is 34.9 Å². The summed E-state index contributed by atoms with van der Waals surface area (Å²) in [5.41, 5.74) is 0.549. The molecule has 146 valence electrons. The highest BCUT2D eigenvalue weighted by molar-refractivity contribution is 6.07. The summed E-state index contributed by atoms with van der Waals surface area (Å²) >= 11 is 0. The van der Waals surface area contributed by atoms with Crippen LogP contribution < -0.4 is 10.6 Å². The second-order valence-electron chi connectivity index (χ2n) is 6.74. The van der Waals surface area contributed by atoms with Crippen molar-refractivity contribution in [3.8, 4) is 11.3 Å². The lowest BCUT2D eigenvalue weighted by Gasteiger charge is -2.13. The van der Waals surface area contributed by atoms with Gasteiger partial charge in [-0.15, -0.1) is 0 Å². The van der Waals surface area contributed by atoms with Crippen molar-refractivity contribution in [3.05, 3.63) is 47.2 Å². The first kappa shape index (κ1) is 18.4. The molecular formula is C19H17F3N4O2. The van der Waals surface area contributed by atoms with Gasteiger partial charge in [-0.1, -0.05) is 17.3 Å². The van der Waals surface area contributed by atoms with Crippen molar-refractivity contribution in [1.82, 2.24) is 20.8 Å². The van der Waals surface area contributed by atoms with Crippen molar-refractivity contribution in [2.24, 2.45) is 0 Å². The minimum Gasteiger partial charge on any atom is -0.348 e. The first-order valence-electron chi connectivity index (χ1n) is 8.79. The molecule has 1 amide bonds. The highest BCUT2D eigenvalue weighted by Gasteiger charge is 2.31. The van der Waals surface area contributed by atoms with Crippen LogP contribution in [0.1, 0.15) is 28.0 Å². The number of hydrogen-bond donors (Lipinski definition) is 2. The van der Waals surface area contributed by atoms with Crippen LogP contribution in [0.25, 0.3) is 22.4 Å². The number of aryl methyl sites for hydroxylation is 1. The minimum absolute atomic E-state index is 0.00658. The number of rotatable bonds is 3. The van der Waals surface area contributed by atoms with Gasteiger partial charge in [0.25, 0.3) is 11.6 Å². The van der Waals surface area contributed by atoms with E-state index >= 15 is 0 Å². The van der Waals surface area contributed by atoms with Crippen LogP contribution in [-0.4, -0.2) is 35.2 Å². The van der Waals surface area contributed by atoms with E-state index in [1.54, 1.807) is 6.92 Å². The van der Waals surface area contributed by atoms with Gasteiger partial charge in [-0.2, -0.15) is 13.2 Å². The molecule has 3 heterocycles. The van der Waals surface area contributed by atoms with Gasteiger partial charge in [0.2, 0.25) is 0 Å². The van der Waals surface area contributed by atoms with E-state index in [0.29, 0.717) is 17.6 Å². The number of nitrogens with zero attached hydrogens (tertiary/aromatic N) is 2. The molecule has 1 fully saturated rings. The Balaban J connectivity index is 1.79. The molecule has 1 aromatic carbocycles. The normalized spacial score (nSPS) is 17.2. The van der Waals surface area contributed by atoms with E-state index in [-0.39, 0.29) is 34.5 Å². The second-order valence-corrected chi connectivity index (χ2v) is 6.74. The smallest absolute Gasteiger partial charge is 0.348 e. The third-order valence-corrected chi connectivity index (χ3v) is 4.74. The molecule has 6 nitrogen and oxygen atoms in total. The Hall–Kier alpha value is -2.94. The van der Waals surface area contributed by atoms with Crippen LogP contribution in [0.4, 0.5) is 13.2 Å². The lowest BCUT2D eigenvalue weighted by atomic mass is 10.0. The standard InChI is InChI=1S/C19H17F3N4O2/c1-10-16-14(17(27)24-13-5-6-23-9-13)8-15(25-18(16)28-26-10)11-3-2-4-12(7-11)19(20,21)22/h2-4,7-8,13,23H,5-6,9H2,1H3,(H,24,27). The Bertz CT molecular complexity index is 1040. The number of halogens is 3. The predicted molar refractivity (Wildman–Crippen MR) is 95.7 cm³/mol. The zero-order valence-corrected chi connectivity index (χ0v) is 14.9. The zero-order chi connectivity index (χ0) is 19.9. The molecule has 4 rings (SSSR count). The number of aromatic nitrogens is 2. The maximum absolute atomic E-state index is 13.1. The average molecular weight is 390 g/mol. The van der Waals surface area contributed by atoms with Gasteiger partial charge in [-0.3, -0.25) is 4.79 Å². The summed E-state index contributed by atoms with van der Waals surface area (Å²) in [6.45, 7) is 3.17. The van der Waals surface area contributed by atoms with E-state index < -0.39 is 11.7 Å². The fraction of sp³-hybridized carbons (Fsp3) is 0.316. The Labute approximate surface area is 158 Å². The van der Waals surface area contributed by atoms with Gasteiger partial charge in [0.15, 0.2) is 0 Å². The van der Waals surface area contributed by atoms with Crippen molar-refractivity contribution in [3.63, 3.8) is 0 Å². The summed E-state index contributed by atoms with van der Waals surface area (Å²) in [5, 5.41) is 10.4. The molecule has 0 spiro atoms. The summed E-state index contributed by atoms with van der Waals surface area (Å²) in [4.78, 5) is 17.1. The monoisotopic (exact) mass is 390 g/mol. The van der Waals surface area contributed by atoms with Gasteiger partial charge in [-0.25, -0.2) is 4.98 Å². The number of carbonyl (C=O) groups is 1. The van der Waals surface area contributed by atoms with Crippen molar-refractivity contribution in [2.75, 3.05) is 13.1 Å². The third-order valence-electron chi connectivity index (χ3n) is 4.74. The number of amides is 1. The number of carbonyl (C=O) groups excluding carboxylic acids is 1. The van der Waals surface area contributed by atoms with Crippen LogP contribution in [0.2, 0.25) is 0 Å². The molecule has 2 aromatic heterocycles. The molecule has 1 atom stereocenters. The van der Waals surface area contributed by atoms with E-state index in [2.05, 4.69) is 20.8 Å². The quantitative estimate of drug-likeness (QED) is 0.717. The predicted octanol–water partition coefficient (Wildman–Crippen LogP) is 3.31. The molecule has 3 aromatic rings. The van der Waals surface area contributed by atoms with E-state index in [4.69, 9.17) is 4.52 Å². The molecule has 0 saturated carbocycles. The number of alkyl halides is 3. The molecule has 0 bridgehead atoms. The number of hydrogen-bond acceptors (Lipinski definition) is 5. The SMILES string of the molecule is Cc1noc2nc(-c3cccc(C(F)(F)F)c3)cc(C(=O)NC3CCNC3)c12. The summed E-state index contributed by atoms with van der Waals surface area (Å²) in [7, 11) is 0. The van der Waals surface area contributed by atoms with E-state index in [1.807, 2.05) is 0 Å². The molecule has 1 unspecified atom stereocenters. The van der Waals surface area contributed by atoms with Crippen LogP contribution >= 0.6 is 0 Å². The van der Waals surface area contributed by atoms with Crippen LogP contribution in [0.5, 0.6) is 0 Å². The molecule has 0 radical (unpaired) electrons. The Morgan fingerprint density at radius 2 is 2.14 bits per heavy atom. The van der Waals surface area contributed by atoms with Gasteiger partial charge in [0.1, 0.15) is 0 Å². The molecule has 0 aliphatic carbocycles. The highest BCUT2D eigenvalue weighted by Crippen LogP contribution is 2.33. The molecule has 28 heavy (non-hydrogen) atoms. The number of nitrogens with one attached hydrogen (secondary N) is 2. The molecule has 2 N–H and O–H groups in total. The number of fused-ring (bicyclic) bond motifs is 1. The first-order valence-corrected chi connectivity index (χ1v) is 8.79. The maximum atomic E-state index is 13.1. The Morgan fingerprint density at radius 1 is 1.32 bits per heavy atom. The molecule has 9 heteroatoms. The maximum Gasteiger partial charge on any atom is 0.416 e. The third kappa shape index (κ3) is 3.45. The number of pyridine rings is 1. The summed E-state index contributed by atoms with van der Waals surface area (Å²) in [6, 6.07) is 6.28. The molecular weight excluding hydrogens is 373 g/mol.